The summed E-state index contributed by atoms with van der Waals surface area (Å²) in [5.41, 5.74) is 1.77. The predicted octanol–water partition coefficient (Wildman–Crippen LogP) is 5.08. The molecule has 1 amide bonds. The molecule has 0 aliphatic heterocycles. The summed E-state index contributed by atoms with van der Waals surface area (Å²) in [5.74, 6) is -1.73. The number of ketones is 1. The molecule has 176 valence electrons. The van der Waals surface area contributed by atoms with Crippen molar-refractivity contribution in [1.29, 1.82) is 0 Å². The number of benzene rings is 2. The average molecular weight is 468 g/mol. The van der Waals surface area contributed by atoms with E-state index in [2.05, 4.69) is 17.9 Å². The summed E-state index contributed by atoms with van der Waals surface area (Å²) in [6.45, 7) is 2.05. The van der Waals surface area contributed by atoms with Crippen LogP contribution in [0.4, 0.5) is 0 Å². The Bertz CT molecular complexity index is 952. The lowest BCUT2D eigenvalue weighted by Gasteiger charge is -2.30. The van der Waals surface area contributed by atoms with Crippen LogP contribution in [0.5, 0.6) is 0 Å². The SMILES string of the molecule is CCCC[C@H](S)C(=O)C1(C(=O)N[C@@H](Cc2ccc(-c3ccccc3)cc2)C(=O)O)CCCC1. The highest BCUT2D eigenvalue weighted by Gasteiger charge is 2.49. The summed E-state index contributed by atoms with van der Waals surface area (Å²) in [5, 5.41) is 12.0. The van der Waals surface area contributed by atoms with Gasteiger partial charge in [-0.25, -0.2) is 4.79 Å². The number of nitrogens with one attached hydrogen (secondary N) is 1. The first-order valence-electron chi connectivity index (χ1n) is 11.8. The number of Topliss-reactive ketones (excluding diaryl/α,β-unsaturated/α-hetero) is 1. The van der Waals surface area contributed by atoms with Gasteiger partial charge in [-0.3, -0.25) is 9.59 Å². The number of rotatable bonds is 11. The molecule has 0 heterocycles. The quantitative estimate of drug-likeness (QED) is 0.318. The molecule has 1 saturated carbocycles. The third-order valence-corrected chi connectivity index (χ3v) is 7.09. The molecule has 0 aromatic heterocycles. The number of carbonyl (C=O) groups is 3. The maximum Gasteiger partial charge on any atom is 0.326 e. The molecule has 3 rings (SSSR count). The minimum atomic E-state index is -1.16. The first-order valence-corrected chi connectivity index (χ1v) is 12.3. The van der Waals surface area contributed by atoms with Crippen LogP contribution in [0.3, 0.4) is 0 Å². The Kier molecular flexibility index (Phi) is 8.73. The van der Waals surface area contributed by atoms with Gasteiger partial charge in [0, 0.05) is 6.42 Å². The molecule has 0 spiro atoms. The van der Waals surface area contributed by atoms with E-state index >= 15 is 0 Å². The molecule has 2 aromatic carbocycles. The maximum absolute atomic E-state index is 13.3. The first-order chi connectivity index (χ1) is 15.9. The van der Waals surface area contributed by atoms with Gasteiger partial charge in [0.15, 0.2) is 5.78 Å². The topological polar surface area (TPSA) is 83.5 Å². The zero-order valence-corrected chi connectivity index (χ0v) is 20.0. The number of unbranched alkanes of at least 4 members (excludes halogenated alkanes) is 1. The van der Waals surface area contributed by atoms with E-state index in [-0.39, 0.29) is 12.2 Å². The molecule has 1 aliphatic carbocycles. The minimum absolute atomic E-state index is 0.153. The molecule has 0 unspecified atom stereocenters. The number of hydrogen-bond acceptors (Lipinski definition) is 4. The predicted molar refractivity (Wildman–Crippen MR) is 133 cm³/mol. The van der Waals surface area contributed by atoms with Gasteiger partial charge in [0.1, 0.15) is 11.5 Å². The van der Waals surface area contributed by atoms with Crippen LogP contribution in [0.1, 0.15) is 57.4 Å². The van der Waals surface area contributed by atoms with Crippen molar-refractivity contribution >= 4 is 30.3 Å². The summed E-state index contributed by atoms with van der Waals surface area (Å²) in [6.07, 6.45) is 5.09. The van der Waals surface area contributed by atoms with Crippen LogP contribution in [0.15, 0.2) is 54.6 Å². The fourth-order valence-electron chi connectivity index (χ4n) is 4.61. The van der Waals surface area contributed by atoms with Gasteiger partial charge in [-0.2, -0.15) is 12.6 Å². The Hall–Kier alpha value is -2.60. The van der Waals surface area contributed by atoms with E-state index < -0.39 is 28.6 Å². The average Bonchev–Trinajstić information content (AvgIpc) is 3.34. The summed E-state index contributed by atoms with van der Waals surface area (Å²) in [7, 11) is 0. The number of carbonyl (C=O) groups excluding carboxylic acids is 2. The van der Waals surface area contributed by atoms with E-state index in [1.54, 1.807) is 0 Å². The standard InChI is InChI=1S/C27H33NO4S/c1-2-3-11-23(33)24(29)27(16-7-8-17-27)26(32)28-22(25(30)31)18-19-12-14-21(15-13-19)20-9-5-4-6-10-20/h4-6,9-10,12-15,22-23,33H,2-3,7-8,11,16-18H2,1H3,(H,28,32)(H,30,31)/t22-,23-/m0/s1. The second-order valence-corrected chi connectivity index (χ2v) is 9.57. The molecular formula is C27H33NO4S. The molecule has 1 fully saturated rings. The summed E-state index contributed by atoms with van der Waals surface area (Å²) in [4.78, 5) is 38.5. The highest BCUT2D eigenvalue weighted by Crippen LogP contribution is 2.41. The summed E-state index contributed by atoms with van der Waals surface area (Å²) in [6, 6.07) is 16.5. The van der Waals surface area contributed by atoms with E-state index in [1.165, 1.54) is 0 Å². The molecular weight excluding hydrogens is 434 g/mol. The van der Waals surface area contributed by atoms with Crippen molar-refractivity contribution in [2.75, 3.05) is 0 Å². The zero-order valence-electron chi connectivity index (χ0n) is 19.1. The Morgan fingerprint density at radius 2 is 1.61 bits per heavy atom. The minimum Gasteiger partial charge on any atom is -0.480 e. The molecule has 1 aliphatic rings. The number of aliphatic carboxylic acids is 1. The van der Waals surface area contributed by atoms with Crippen molar-refractivity contribution in [3.05, 3.63) is 60.2 Å². The maximum atomic E-state index is 13.3. The van der Waals surface area contributed by atoms with Crippen LogP contribution in [-0.4, -0.2) is 34.1 Å². The molecule has 0 radical (unpaired) electrons. The van der Waals surface area contributed by atoms with Gasteiger partial charge in [0.05, 0.1) is 5.25 Å². The lowest BCUT2D eigenvalue weighted by molar-refractivity contribution is -0.147. The largest absolute Gasteiger partial charge is 0.480 e. The molecule has 2 N–H and O–H groups in total. The molecule has 5 nitrogen and oxygen atoms in total. The van der Waals surface area contributed by atoms with E-state index in [0.717, 1.165) is 42.4 Å². The van der Waals surface area contributed by atoms with Crippen LogP contribution in [0.25, 0.3) is 11.1 Å². The second-order valence-electron chi connectivity index (χ2n) is 8.94. The fraction of sp³-hybridized carbons (Fsp3) is 0.444. The van der Waals surface area contributed by atoms with Crippen molar-refractivity contribution in [2.45, 2.75) is 69.6 Å². The molecule has 6 heteroatoms. The number of thiol groups is 1. The fourth-order valence-corrected chi connectivity index (χ4v) is 5.04. The van der Waals surface area contributed by atoms with Gasteiger partial charge in [-0.05, 0) is 36.0 Å². The molecule has 0 bridgehead atoms. The molecule has 0 saturated heterocycles. The van der Waals surface area contributed by atoms with Gasteiger partial charge >= 0.3 is 5.97 Å². The van der Waals surface area contributed by atoms with Gasteiger partial charge < -0.3 is 10.4 Å². The van der Waals surface area contributed by atoms with Gasteiger partial charge in [0.2, 0.25) is 5.91 Å². The normalized spacial score (nSPS) is 16.7. The van der Waals surface area contributed by atoms with E-state index in [1.807, 2.05) is 61.5 Å². The monoisotopic (exact) mass is 467 g/mol. The van der Waals surface area contributed by atoms with Crippen molar-refractivity contribution in [3.8, 4) is 11.1 Å². The van der Waals surface area contributed by atoms with E-state index in [4.69, 9.17) is 0 Å². The number of carboxylic acid groups (broad SMARTS) is 1. The van der Waals surface area contributed by atoms with Crippen molar-refractivity contribution in [2.24, 2.45) is 5.41 Å². The number of hydrogen-bond donors (Lipinski definition) is 3. The van der Waals surface area contributed by atoms with E-state index in [0.29, 0.717) is 19.3 Å². The molecule has 2 aromatic rings. The third kappa shape index (κ3) is 6.05. The Balaban J connectivity index is 1.72. The van der Waals surface area contributed by atoms with Crippen LogP contribution >= 0.6 is 12.6 Å². The molecule has 33 heavy (non-hydrogen) atoms. The summed E-state index contributed by atoms with van der Waals surface area (Å²) >= 11 is 4.49. The van der Waals surface area contributed by atoms with Crippen molar-refractivity contribution in [3.63, 3.8) is 0 Å². The third-order valence-electron chi connectivity index (χ3n) is 6.60. The van der Waals surface area contributed by atoms with Gasteiger partial charge in [-0.1, -0.05) is 87.2 Å². The zero-order chi connectivity index (χ0) is 23.8. The Labute approximate surface area is 201 Å². The number of carboxylic acids is 1. The number of amides is 1. The van der Waals surface area contributed by atoms with E-state index in [9.17, 15) is 19.5 Å². The lowest BCUT2D eigenvalue weighted by Crippen LogP contribution is -2.53. The smallest absolute Gasteiger partial charge is 0.326 e. The van der Waals surface area contributed by atoms with Gasteiger partial charge in [-0.15, -0.1) is 0 Å². The lowest BCUT2D eigenvalue weighted by atomic mass is 9.78. The van der Waals surface area contributed by atoms with Gasteiger partial charge in [0.25, 0.3) is 0 Å². The Morgan fingerprint density at radius 3 is 2.18 bits per heavy atom. The highest BCUT2D eigenvalue weighted by molar-refractivity contribution is 7.81. The first kappa shape index (κ1) is 25.0. The summed E-state index contributed by atoms with van der Waals surface area (Å²) < 4.78 is 0. The van der Waals surface area contributed by atoms with Crippen LogP contribution in [0, 0.1) is 5.41 Å². The Morgan fingerprint density at radius 1 is 1.00 bits per heavy atom. The van der Waals surface area contributed by atoms with Crippen LogP contribution < -0.4 is 5.32 Å². The van der Waals surface area contributed by atoms with Crippen LogP contribution in [0.2, 0.25) is 0 Å². The highest BCUT2D eigenvalue weighted by atomic mass is 32.1. The second kappa shape index (κ2) is 11.5. The van der Waals surface area contributed by atoms with Crippen molar-refractivity contribution in [1.82, 2.24) is 5.32 Å². The molecule has 2 atom stereocenters. The van der Waals surface area contributed by atoms with Crippen molar-refractivity contribution < 1.29 is 19.5 Å². The van der Waals surface area contributed by atoms with Crippen LogP contribution in [-0.2, 0) is 20.8 Å².